The summed E-state index contributed by atoms with van der Waals surface area (Å²) in [6.07, 6.45) is 3.16. The van der Waals surface area contributed by atoms with E-state index in [1.165, 1.54) is 6.08 Å². The van der Waals surface area contributed by atoms with Gasteiger partial charge < -0.3 is 14.4 Å². The van der Waals surface area contributed by atoms with Crippen LogP contribution in [0.2, 0.25) is 0 Å². The zero-order valence-electron chi connectivity index (χ0n) is 12.3. The summed E-state index contributed by atoms with van der Waals surface area (Å²) in [7, 11) is 0. The molecule has 21 heavy (non-hydrogen) atoms. The molecule has 7 heteroatoms. The molecule has 0 aromatic rings. The van der Waals surface area contributed by atoms with Crippen LogP contribution in [0.25, 0.3) is 0 Å². The van der Waals surface area contributed by atoms with E-state index in [9.17, 15) is 14.4 Å². The third kappa shape index (κ3) is 7.51. The summed E-state index contributed by atoms with van der Waals surface area (Å²) >= 11 is 5.50. The number of carbonyl (C=O) groups excluding carboxylic acids is 3. The number of esters is 2. The van der Waals surface area contributed by atoms with Gasteiger partial charge >= 0.3 is 11.9 Å². The summed E-state index contributed by atoms with van der Waals surface area (Å²) < 4.78 is 9.50. The minimum absolute atomic E-state index is 0.0768. The second kappa shape index (κ2) is 10.9. The van der Waals surface area contributed by atoms with E-state index < -0.39 is 17.8 Å². The highest BCUT2D eigenvalue weighted by Gasteiger charge is 2.21. The third-order valence-electron chi connectivity index (χ3n) is 2.31. The Kier molecular flexibility index (Phi) is 9.96. The molecule has 0 aliphatic carbocycles. The predicted molar refractivity (Wildman–Crippen MR) is 78.6 cm³/mol. The second-order valence-electron chi connectivity index (χ2n) is 3.79. The van der Waals surface area contributed by atoms with Gasteiger partial charge in [-0.1, -0.05) is 12.7 Å². The first-order valence-electron chi connectivity index (χ1n) is 6.53. The molecule has 0 saturated heterocycles. The fourth-order valence-electron chi connectivity index (χ4n) is 1.38. The molecule has 0 N–H and O–H groups in total. The van der Waals surface area contributed by atoms with E-state index in [1.807, 2.05) is 0 Å². The third-order valence-corrected chi connectivity index (χ3v) is 2.54. The Labute approximate surface area is 129 Å². The zero-order chi connectivity index (χ0) is 16.3. The Balaban J connectivity index is 4.58. The first kappa shape index (κ1) is 19.2. The molecule has 0 spiro atoms. The van der Waals surface area contributed by atoms with Crippen LogP contribution in [0.3, 0.4) is 0 Å². The molecule has 0 fully saturated rings. The molecule has 0 aromatic carbocycles. The minimum Gasteiger partial charge on any atom is -0.463 e. The fourth-order valence-corrected chi connectivity index (χ4v) is 1.52. The smallest absolute Gasteiger partial charge is 0.354 e. The maximum atomic E-state index is 11.7. The van der Waals surface area contributed by atoms with Crippen LogP contribution in [0, 0.1) is 0 Å². The van der Waals surface area contributed by atoms with Crippen LogP contribution < -0.4 is 0 Å². The van der Waals surface area contributed by atoms with Crippen LogP contribution in [0.1, 0.15) is 20.3 Å². The van der Waals surface area contributed by atoms with Gasteiger partial charge in [-0.3, -0.25) is 4.79 Å². The van der Waals surface area contributed by atoms with E-state index in [2.05, 4.69) is 6.58 Å². The molecule has 0 unspecified atom stereocenters. The molecule has 0 aliphatic heterocycles. The lowest BCUT2D eigenvalue weighted by atomic mass is 10.3. The number of rotatable bonds is 9. The second-order valence-corrected chi connectivity index (χ2v) is 4.06. The first-order valence-corrected chi connectivity index (χ1v) is 7.06. The fraction of sp³-hybridized carbons (Fsp3) is 0.500. The van der Waals surface area contributed by atoms with Gasteiger partial charge in [0.15, 0.2) is 0 Å². The highest BCUT2D eigenvalue weighted by atomic mass is 35.5. The van der Waals surface area contributed by atoms with Crippen molar-refractivity contribution in [3.05, 3.63) is 24.4 Å². The van der Waals surface area contributed by atoms with Crippen molar-refractivity contribution in [3.63, 3.8) is 0 Å². The topological polar surface area (TPSA) is 72.9 Å². The number of halogens is 1. The van der Waals surface area contributed by atoms with E-state index in [-0.39, 0.29) is 24.7 Å². The normalized spacial score (nSPS) is 10.2. The Morgan fingerprint density at radius 1 is 1.19 bits per heavy atom. The van der Waals surface area contributed by atoms with E-state index in [4.69, 9.17) is 21.1 Å². The molecule has 6 nitrogen and oxygen atoms in total. The Morgan fingerprint density at radius 2 is 1.81 bits per heavy atom. The molecule has 0 atom stereocenters. The van der Waals surface area contributed by atoms with E-state index in [0.29, 0.717) is 13.0 Å². The summed E-state index contributed by atoms with van der Waals surface area (Å²) in [6.45, 7) is 7.54. The molecule has 0 aliphatic rings. The molecule has 0 heterocycles. The Hall–Kier alpha value is -1.82. The molecule has 0 bridgehead atoms. The molecule has 0 rings (SSSR count). The van der Waals surface area contributed by atoms with E-state index in [0.717, 1.165) is 4.90 Å². The monoisotopic (exact) mass is 317 g/mol. The quantitative estimate of drug-likeness (QED) is 0.367. The highest BCUT2D eigenvalue weighted by Crippen LogP contribution is 2.08. The molecule has 118 valence electrons. The molecule has 0 radical (unpaired) electrons. The molecule has 1 amide bonds. The van der Waals surface area contributed by atoms with Crippen LogP contribution in [-0.2, 0) is 23.9 Å². The average molecular weight is 318 g/mol. The average Bonchev–Trinajstić information content (AvgIpc) is 2.46. The van der Waals surface area contributed by atoms with E-state index >= 15 is 0 Å². The van der Waals surface area contributed by atoms with Gasteiger partial charge in [-0.05, 0) is 20.3 Å². The largest absolute Gasteiger partial charge is 0.463 e. The maximum absolute atomic E-state index is 11.7. The summed E-state index contributed by atoms with van der Waals surface area (Å²) in [5.74, 6) is -1.87. The van der Waals surface area contributed by atoms with Gasteiger partial charge in [-0.2, -0.15) is 0 Å². The number of nitrogens with zero attached hydrogens (tertiary/aromatic N) is 1. The molecular weight excluding hydrogens is 298 g/mol. The van der Waals surface area contributed by atoms with Crippen molar-refractivity contribution < 1.29 is 23.9 Å². The SMILES string of the molecule is C=C(C(=O)OCC)N(CC/C=C/C(=O)OCC)C(=O)CCl. The number of ether oxygens (including phenoxy) is 2. The van der Waals surface area contributed by atoms with Gasteiger partial charge in [0.1, 0.15) is 11.6 Å². The lowest BCUT2D eigenvalue weighted by Crippen LogP contribution is -2.35. The molecule has 0 aromatic heterocycles. The summed E-state index contributed by atoms with van der Waals surface area (Å²) in [5, 5.41) is 0. The summed E-state index contributed by atoms with van der Waals surface area (Å²) in [6, 6.07) is 0. The van der Waals surface area contributed by atoms with Crippen molar-refractivity contribution in [2.75, 3.05) is 25.6 Å². The maximum Gasteiger partial charge on any atom is 0.354 e. The summed E-state index contributed by atoms with van der Waals surface area (Å²) in [4.78, 5) is 35.5. The van der Waals surface area contributed by atoms with E-state index in [1.54, 1.807) is 19.9 Å². The van der Waals surface area contributed by atoms with Gasteiger partial charge in [0.05, 0.1) is 13.2 Å². The number of alkyl halides is 1. The first-order chi connectivity index (χ1) is 9.97. The van der Waals surface area contributed by atoms with Crippen molar-refractivity contribution >= 4 is 29.4 Å². The van der Waals surface area contributed by atoms with Crippen molar-refractivity contribution in [2.45, 2.75) is 20.3 Å². The predicted octanol–water partition coefficient (Wildman–Crippen LogP) is 1.64. The van der Waals surface area contributed by atoms with Crippen LogP contribution in [0.5, 0.6) is 0 Å². The van der Waals surface area contributed by atoms with Crippen LogP contribution in [-0.4, -0.2) is 48.4 Å². The lowest BCUT2D eigenvalue weighted by molar-refractivity contribution is -0.143. The zero-order valence-corrected chi connectivity index (χ0v) is 13.0. The Bertz CT molecular complexity index is 420. The summed E-state index contributed by atoms with van der Waals surface area (Å²) in [5.41, 5.74) is -0.0768. The van der Waals surface area contributed by atoms with Gasteiger partial charge in [-0.15, -0.1) is 11.6 Å². The van der Waals surface area contributed by atoms with Crippen LogP contribution in [0.15, 0.2) is 24.4 Å². The number of hydrogen-bond donors (Lipinski definition) is 0. The van der Waals surface area contributed by atoms with Gasteiger partial charge in [0, 0.05) is 12.6 Å². The van der Waals surface area contributed by atoms with Gasteiger partial charge in [0.25, 0.3) is 0 Å². The van der Waals surface area contributed by atoms with Gasteiger partial charge in [-0.25, -0.2) is 9.59 Å². The van der Waals surface area contributed by atoms with Crippen LogP contribution in [0.4, 0.5) is 0 Å². The number of carbonyl (C=O) groups is 3. The molecule has 0 saturated carbocycles. The standard InChI is InChI=1S/C14H20ClNO5/c1-4-20-13(18)8-6-7-9-16(12(17)10-15)11(3)14(19)21-5-2/h6,8H,3-5,7,9-10H2,1-2H3/b8-6+. The number of hydrogen-bond acceptors (Lipinski definition) is 5. The number of amides is 1. The lowest BCUT2D eigenvalue weighted by Gasteiger charge is -2.21. The van der Waals surface area contributed by atoms with Crippen molar-refractivity contribution in [1.82, 2.24) is 4.90 Å². The highest BCUT2D eigenvalue weighted by molar-refractivity contribution is 6.27. The minimum atomic E-state index is -0.676. The van der Waals surface area contributed by atoms with Crippen LogP contribution >= 0.6 is 11.6 Å². The van der Waals surface area contributed by atoms with Crippen molar-refractivity contribution in [1.29, 1.82) is 0 Å². The Morgan fingerprint density at radius 3 is 2.33 bits per heavy atom. The van der Waals surface area contributed by atoms with Crippen molar-refractivity contribution in [2.24, 2.45) is 0 Å². The molecular formula is C14H20ClNO5. The van der Waals surface area contributed by atoms with Crippen molar-refractivity contribution in [3.8, 4) is 0 Å². The van der Waals surface area contributed by atoms with Gasteiger partial charge in [0.2, 0.25) is 5.91 Å².